The fourth-order valence-electron chi connectivity index (χ4n) is 2.69. The number of hydrogen-bond acceptors (Lipinski definition) is 1. The van der Waals surface area contributed by atoms with E-state index in [2.05, 4.69) is 19.2 Å². The first-order valence-electron chi connectivity index (χ1n) is 6.26. The smallest absolute Gasteiger partial charge is 0.0442 e. The lowest BCUT2D eigenvalue weighted by Gasteiger charge is -2.22. The second kappa shape index (κ2) is 5.60. The lowest BCUT2D eigenvalue weighted by molar-refractivity contribution is 0.434. The third kappa shape index (κ3) is 3.15. The molecule has 2 unspecified atom stereocenters. The molecule has 1 heterocycles. The van der Waals surface area contributed by atoms with Gasteiger partial charge >= 0.3 is 0 Å². The Labute approximate surface area is 114 Å². The molecule has 2 rings (SSSR count). The Morgan fingerprint density at radius 1 is 1.35 bits per heavy atom. The summed E-state index contributed by atoms with van der Waals surface area (Å²) in [5, 5.41) is 5.20. The first-order valence-corrected chi connectivity index (χ1v) is 7.02. The zero-order valence-electron chi connectivity index (χ0n) is 10.3. The normalized spacial score (nSPS) is 24.5. The van der Waals surface area contributed by atoms with E-state index in [0.29, 0.717) is 17.9 Å². The van der Waals surface area contributed by atoms with Crippen LogP contribution in [0.5, 0.6) is 0 Å². The van der Waals surface area contributed by atoms with Crippen LogP contribution in [0.2, 0.25) is 10.0 Å². The molecule has 0 saturated carbocycles. The van der Waals surface area contributed by atoms with Gasteiger partial charge in [0.15, 0.2) is 0 Å². The van der Waals surface area contributed by atoms with Crippen LogP contribution in [0.4, 0.5) is 0 Å². The minimum absolute atomic E-state index is 0.503. The minimum Gasteiger partial charge on any atom is -0.313 e. The van der Waals surface area contributed by atoms with Crippen molar-refractivity contribution in [2.24, 2.45) is 5.92 Å². The first-order chi connectivity index (χ1) is 8.08. The Bertz CT molecular complexity index is 390. The van der Waals surface area contributed by atoms with Gasteiger partial charge in [0.1, 0.15) is 0 Å². The second-order valence-corrected chi connectivity index (χ2v) is 6.09. The molecule has 1 nitrogen and oxygen atoms in total. The molecule has 0 spiro atoms. The zero-order chi connectivity index (χ0) is 12.4. The molecule has 0 aliphatic carbocycles. The third-order valence-corrected chi connectivity index (χ3v) is 4.01. The molecule has 1 aliphatic heterocycles. The van der Waals surface area contributed by atoms with Gasteiger partial charge in [0, 0.05) is 22.0 Å². The predicted molar refractivity (Wildman–Crippen MR) is 75.1 cm³/mol. The summed E-state index contributed by atoms with van der Waals surface area (Å²) in [4.78, 5) is 0. The summed E-state index contributed by atoms with van der Waals surface area (Å²) in [6, 6.07) is 6.32. The molecule has 94 valence electrons. The number of rotatable bonds is 3. The van der Waals surface area contributed by atoms with Crippen molar-refractivity contribution in [3.8, 4) is 0 Å². The molecule has 1 N–H and O–H groups in total. The highest BCUT2D eigenvalue weighted by molar-refractivity contribution is 6.33. The van der Waals surface area contributed by atoms with Crippen molar-refractivity contribution >= 4 is 23.2 Å². The van der Waals surface area contributed by atoms with Crippen molar-refractivity contribution in [3.63, 3.8) is 0 Å². The monoisotopic (exact) mass is 271 g/mol. The van der Waals surface area contributed by atoms with E-state index < -0.39 is 0 Å². The van der Waals surface area contributed by atoms with E-state index >= 15 is 0 Å². The van der Waals surface area contributed by atoms with Crippen LogP contribution < -0.4 is 5.32 Å². The third-order valence-electron chi connectivity index (χ3n) is 3.43. The van der Waals surface area contributed by atoms with E-state index in [0.717, 1.165) is 23.0 Å². The van der Waals surface area contributed by atoms with Crippen LogP contribution in [-0.2, 0) is 0 Å². The number of hydrogen-bond donors (Lipinski definition) is 1. The standard InChI is InChI=1S/C14H19Cl2N/c1-9(2)7-14-11(5-6-17-14)12-8-10(15)3-4-13(12)16/h3-4,8-9,11,14,17H,5-7H2,1-2H3. The van der Waals surface area contributed by atoms with Crippen molar-refractivity contribution in [1.82, 2.24) is 5.32 Å². The molecule has 0 aromatic heterocycles. The second-order valence-electron chi connectivity index (χ2n) is 5.25. The Morgan fingerprint density at radius 2 is 2.12 bits per heavy atom. The molecule has 1 saturated heterocycles. The summed E-state index contributed by atoms with van der Waals surface area (Å²) in [5.74, 6) is 1.20. The molecule has 0 bridgehead atoms. The summed E-state index contributed by atoms with van der Waals surface area (Å²) in [7, 11) is 0. The average molecular weight is 272 g/mol. The van der Waals surface area contributed by atoms with Gasteiger partial charge in [0.05, 0.1) is 0 Å². The van der Waals surface area contributed by atoms with E-state index in [1.54, 1.807) is 0 Å². The van der Waals surface area contributed by atoms with Crippen LogP contribution in [-0.4, -0.2) is 12.6 Å². The molecule has 1 aromatic carbocycles. The zero-order valence-corrected chi connectivity index (χ0v) is 11.9. The van der Waals surface area contributed by atoms with Gasteiger partial charge in [-0.25, -0.2) is 0 Å². The highest BCUT2D eigenvalue weighted by Gasteiger charge is 2.29. The van der Waals surface area contributed by atoms with Crippen molar-refractivity contribution in [2.45, 2.75) is 38.6 Å². The summed E-state index contributed by atoms with van der Waals surface area (Å²) in [6.45, 7) is 5.60. The number of nitrogens with one attached hydrogen (secondary N) is 1. The van der Waals surface area contributed by atoms with Crippen LogP contribution >= 0.6 is 23.2 Å². The molecular formula is C14H19Cl2N. The predicted octanol–water partition coefficient (Wildman–Crippen LogP) is 4.49. The summed E-state index contributed by atoms with van der Waals surface area (Å²) >= 11 is 12.4. The Hall–Kier alpha value is -0.240. The van der Waals surface area contributed by atoms with E-state index in [9.17, 15) is 0 Å². The Balaban J connectivity index is 2.22. The van der Waals surface area contributed by atoms with Crippen molar-refractivity contribution in [3.05, 3.63) is 33.8 Å². The number of halogens is 2. The van der Waals surface area contributed by atoms with Gasteiger partial charge < -0.3 is 5.32 Å². The summed E-state index contributed by atoms with van der Waals surface area (Å²) < 4.78 is 0. The topological polar surface area (TPSA) is 12.0 Å². The molecule has 1 aliphatic rings. The Morgan fingerprint density at radius 3 is 2.82 bits per heavy atom. The fourth-order valence-corrected chi connectivity index (χ4v) is 3.13. The van der Waals surface area contributed by atoms with E-state index in [-0.39, 0.29) is 0 Å². The maximum atomic E-state index is 6.29. The molecule has 0 amide bonds. The first kappa shape index (κ1) is 13.2. The maximum Gasteiger partial charge on any atom is 0.0442 e. The van der Waals surface area contributed by atoms with Crippen molar-refractivity contribution < 1.29 is 0 Å². The van der Waals surface area contributed by atoms with Crippen LogP contribution in [0.3, 0.4) is 0 Å². The van der Waals surface area contributed by atoms with E-state index in [1.807, 2.05) is 18.2 Å². The van der Waals surface area contributed by atoms with Gasteiger partial charge in [-0.3, -0.25) is 0 Å². The molecule has 0 radical (unpaired) electrons. The van der Waals surface area contributed by atoms with Gasteiger partial charge in [-0.2, -0.15) is 0 Å². The van der Waals surface area contributed by atoms with Gasteiger partial charge in [0.2, 0.25) is 0 Å². The quantitative estimate of drug-likeness (QED) is 0.855. The van der Waals surface area contributed by atoms with Gasteiger partial charge in [-0.1, -0.05) is 37.0 Å². The molecule has 1 fully saturated rings. The van der Waals surface area contributed by atoms with Crippen LogP contribution in [0.1, 0.15) is 38.2 Å². The van der Waals surface area contributed by atoms with Crippen LogP contribution in [0, 0.1) is 5.92 Å². The molecule has 17 heavy (non-hydrogen) atoms. The Kier molecular flexibility index (Phi) is 4.35. The summed E-state index contributed by atoms with van der Waals surface area (Å²) in [6.07, 6.45) is 2.34. The molecule has 3 heteroatoms. The van der Waals surface area contributed by atoms with Crippen molar-refractivity contribution in [2.75, 3.05) is 6.54 Å². The SMILES string of the molecule is CC(C)CC1NCCC1c1cc(Cl)ccc1Cl. The van der Waals surface area contributed by atoms with E-state index in [4.69, 9.17) is 23.2 Å². The lowest BCUT2D eigenvalue weighted by Crippen LogP contribution is -2.27. The maximum absolute atomic E-state index is 6.29. The average Bonchev–Trinajstić information content (AvgIpc) is 2.69. The molecular weight excluding hydrogens is 253 g/mol. The van der Waals surface area contributed by atoms with Gasteiger partial charge in [-0.15, -0.1) is 0 Å². The largest absolute Gasteiger partial charge is 0.313 e. The highest BCUT2D eigenvalue weighted by Crippen LogP contribution is 2.36. The van der Waals surface area contributed by atoms with Gasteiger partial charge in [-0.05, 0) is 49.1 Å². The summed E-state index contributed by atoms with van der Waals surface area (Å²) in [5.41, 5.74) is 1.20. The van der Waals surface area contributed by atoms with Crippen LogP contribution in [0.25, 0.3) is 0 Å². The minimum atomic E-state index is 0.503. The van der Waals surface area contributed by atoms with E-state index in [1.165, 1.54) is 12.0 Å². The highest BCUT2D eigenvalue weighted by atomic mass is 35.5. The van der Waals surface area contributed by atoms with Crippen LogP contribution in [0.15, 0.2) is 18.2 Å². The lowest BCUT2D eigenvalue weighted by atomic mass is 9.87. The van der Waals surface area contributed by atoms with Gasteiger partial charge in [0.25, 0.3) is 0 Å². The molecule has 1 aromatic rings. The van der Waals surface area contributed by atoms with Crippen molar-refractivity contribution in [1.29, 1.82) is 0 Å². The number of benzene rings is 1. The molecule has 2 atom stereocenters. The fraction of sp³-hybridized carbons (Fsp3) is 0.571.